The van der Waals surface area contributed by atoms with Crippen molar-refractivity contribution in [2.75, 3.05) is 18.5 Å². The van der Waals surface area contributed by atoms with Crippen molar-refractivity contribution >= 4 is 17.6 Å². The Kier molecular flexibility index (Phi) is 5.89. The number of furan rings is 1. The van der Waals surface area contributed by atoms with Crippen LogP contribution in [0.1, 0.15) is 26.5 Å². The van der Waals surface area contributed by atoms with Crippen LogP contribution in [-0.2, 0) is 4.74 Å². The van der Waals surface area contributed by atoms with Gasteiger partial charge in [-0.1, -0.05) is 24.3 Å². The second-order valence-corrected chi connectivity index (χ2v) is 5.76. The molecule has 0 saturated carbocycles. The number of benzene rings is 2. The molecule has 0 aliphatic heterocycles. The van der Waals surface area contributed by atoms with Crippen molar-refractivity contribution in [2.24, 2.45) is 0 Å². The summed E-state index contributed by atoms with van der Waals surface area (Å²) in [5.74, 6) is 0.0392. The first-order chi connectivity index (χ1) is 13.1. The Morgan fingerprint density at radius 3 is 2.56 bits per heavy atom. The number of carbonyl (C=O) groups excluding carboxylic acids is 2. The normalized spacial score (nSPS) is 10.3. The van der Waals surface area contributed by atoms with Gasteiger partial charge in [-0.05, 0) is 48.9 Å². The molecule has 3 aromatic rings. The van der Waals surface area contributed by atoms with Gasteiger partial charge in [0.05, 0.1) is 11.8 Å². The summed E-state index contributed by atoms with van der Waals surface area (Å²) in [6.07, 6.45) is 1.42. The number of rotatable bonds is 7. The number of ether oxygens (including phenoxy) is 2. The number of amides is 1. The molecule has 2 aromatic carbocycles. The molecule has 138 valence electrons. The summed E-state index contributed by atoms with van der Waals surface area (Å²) in [5, 5.41) is 2.73. The minimum Gasteiger partial charge on any atom is -0.490 e. The number of aryl methyl sites for hydroxylation is 1. The zero-order valence-electron chi connectivity index (χ0n) is 14.8. The number of para-hydroxylation sites is 1. The molecule has 6 nitrogen and oxygen atoms in total. The lowest BCUT2D eigenvalue weighted by Crippen LogP contribution is -2.14. The molecule has 0 bridgehead atoms. The molecule has 0 radical (unpaired) electrons. The zero-order valence-corrected chi connectivity index (χ0v) is 14.8. The highest BCUT2D eigenvalue weighted by atomic mass is 16.6. The van der Waals surface area contributed by atoms with Crippen LogP contribution < -0.4 is 10.1 Å². The largest absolute Gasteiger partial charge is 0.490 e. The van der Waals surface area contributed by atoms with Gasteiger partial charge in [0.25, 0.3) is 5.91 Å². The maximum Gasteiger partial charge on any atom is 0.338 e. The summed E-state index contributed by atoms with van der Waals surface area (Å²) in [4.78, 5) is 24.3. The number of hydrogen-bond acceptors (Lipinski definition) is 5. The van der Waals surface area contributed by atoms with Crippen LogP contribution >= 0.6 is 0 Å². The van der Waals surface area contributed by atoms with Gasteiger partial charge in [-0.2, -0.15) is 0 Å². The molecular weight excluding hydrogens is 346 g/mol. The summed E-state index contributed by atoms with van der Waals surface area (Å²) in [6, 6.07) is 17.5. The van der Waals surface area contributed by atoms with Crippen LogP contribution in [0.4, 0.5) is 5.69 Å². The Bertz CT molecular complexity index is 904. The van der Waals surface area contributed by atoms with E-state index in [-0.39, 0.29) is 24.9 Å². The van der Waals surface area contributed by atoms with Crippen molar-refractivity contribution in [3.05, 3.63) is 83.8 Å². The topological polar surface area (TPSA) is 77.8 Å². The highest BCUT2D eigenvalue weighted by Crippen LogP contribution is 2.19. The molecule has 0 aliphatic carbocycles. The molecule has 6 heteroatoms. The molecule has 1 N–H and O–H groups in total. The number of esters is 1. The van der Waals surface area contributed by atoms with E-state index in [9.17, 15) is 9.59 Å². The average molecular weight is 365 g/mol. The number of anilines is 1. The second-order valence-electron chi connectivity index (χ2n) is 5.76. The van der Waals surface area contributed by atoms with Gasteiger partial charge in [-0.3, -0.25) is 4.79 Å². The van der Waals surface area contributed by atoms with Gasteiger partial charge in [0.15, 0.2) is 5.76 Å². The molecule has 0 spiro atoms. The summed E-state index contributed by atoms with van der Waals surface area (Å²) in [6.45, 7) is 2.21. The van der Waals surface area contributed by atoms with Crippen LogP contribution in [0.3, 0.4) is 0 Å². The van der Waals surface area contributed by atoms with E-state index in [1.165, 1.54) is 6.26 Å². The van der Waals surface area contributed by atoms with E-state index in [0.717, 1.165) is 5.56 Å². The first kappa shape index (κ1) is 18.3. The third-order valence-corrected chi connectivity index (χ3v) is 3.79. The van der Waals surface area contributed by atoms with Gasteiger partial charge < -0.3 is 19.2 Å². The van der Waals surface area contributed by atoms with E-state index in [4.69, 9.17) is 13.9 Å². The predicted octanol–water partition coefficient (Wildman–Crippen LogP) is 4.08. The van der Waals surface area contributed by atoms with E-state index in [2.05, 4.69) is 5.32 Å². The fourth-order valence-electron chi connectivity index (χ4n) is 2.37. The maximum absolute atomic E-state index is 12.2. The Morgan fingerprint density at radius 2 is 1.81 bits per heavy atom. The van der Waals surface area contributed by atoms with Gasteiger partial charge in [0.1, 0.15) is 19.0 Å². The molecule has 1 amide bonds. The SMILES string of the molecule is Cc1ccc(C(=O)OCCOc2ccccc2)cc1NC(=O)c1ccco1. The monoisotopic (exact) mass is 365 g/mol. The van der Waals surface area contributed by atoms with Crippen LogP contribution in [0, 0.1) is 6.92 Å². The first-order valence-electron chi connectivity index (χ1n) is 8.44. The van der Waals surface area contributed by atoms with E-state index in [1.54, 1.807) is 30.3 Å². The summed E-state index contributed by atoms with van der Waals surface area (Å²) in [7, 11) is 0. The lowest BCUT2D eigenvalue weighted by molar-refractivity contribution is 0.0450. The second kappa shape index (κ2) is 8.71. The fourth-order valence-corrected chi connectivity index (χ4v) is 2.37. The molecule has 0 saturated heterocycles. The Hall–Kier alpha value is -3.54. The quantitative estimate of drug-likeness (QED) is 0.504. The number of carbonyl (C=O) groups is 2. The molecule has 1 heterocycles. The highest BCUT2D eigenvalue weighted by molar-refractivity contribution is 6.03. The van der Waals surface area contributed by atoms with Crippen molar-refractivity contribution in [3.63, 3.8) is 0 Å². The van der Waals surface area contributed by atoms with Crippen LogP contribution in [0.5, 0.6) is 5.75 Å². The van der Waals surface area contributed by atoms with E-state index in [0.29, 0.717) is 17.0 Å². The first-order valence-corrected chi connectivity index (χ1v) is 8.44. The van der Waals surface area contributed by atoms with Crippen molar-refractivity contribution in [2.45, 2.75) is 6.92 Å². The smallest absolute Gasteiger partial charge is 0.338 e. The van der Waals surface area contributed by atoms with E-state index in [1.807, 2.05) is 37.3 Å². The summed E-state index contributed by atoms with van der Waals surface area (Å²) >= 11 is 0. The molecule has 3 rings (SSSR count). The Morgan fingerprint density at radius 1 is 1.00 bits per heavy atom. The van der Waals surface area contributed by atoms with Gasteiger partial charge in [-0.15, -0.1) is 0 Å². The van der Waals surface area contributed by atoms with Crippen LogP contribution in [0.25, 0.3) is 0 Å². The maximum atomic E-state index is 12.2. The van der Waals surface area contributed by atoms with Gasteiger partial charge >= 0.3 is 5.97 Å². The minimum absolute atomic E-state index is 0.121. The molecule has 0 fully saturated rings. The molecule has 1 aromatic heterocycles. The molecule has 0 atom stereocenters. The fraction of sp³-hybridized carbons (Fsp3) is 0.143. The molecule has 27 heavy (non-hydrogen) atoms. The van der Waals surface area contributed by atoms with Crippen LogP contribution in [-0.4, -0.2) is 25.1 Å². The van der Waals surface area contributed by atoms with Gasteiger partial charge in [0, 0.05) is 5.69 Å². The van der Waals surface area contributed by atoms with Crippen LogP contribution in [0.2, 0.25) is 0 Å². The Balaban J connectivity index is 1.56. The van der Waals surface area contributed by atoms with Crippen molar-refractivity contribution in [3.8, 4) is 5.75 Å². The number of nitrogens with one attached hydrogen (secondary N) is 1. The van der Waals surface area contributed by atoms with Gasteiger partial charge in [0.2, 0.25) is 0 Å². The lowest BCUT2D eigenvalue weighted by atomic mass is 10.1. The van der Waals surface area contributed by atoms with Crippen LogP contribution in [0.15, 0.2) is 71.3 Å². The average Bonchev–Trinajstić information content (AvgIpc) is 3.22. The zero-order chi connectivity index (χ0) is 19.1. The van der Waals surface area contributed by atoms with Crippen molar-refractivity contribution in [1.82, 2.24) is 0 Å². The number of hydrogen-bond donors (Lipinski definition) is 1. The summed E-state index contributed by atoms with van der Waals surface area (Å²) in [5.41, 5.74) is 1.68. The molecular formula is C21H19NO5. The van der Waals surface area contributed by atoms with E-state index >= 15 is 0 Å². The van der Waals surface area contributed by atoms with Crippen molar-refractivity contribution in [1.29, 1.82) is 0 Å². The Labute approximate surface area is 156 Å². The predicted molar refractivity (Wildman–Crippen MR) is 100 cm³/mol. The molecule has 0 aliphatic rings. The van der Waals surface area contributed by atoms with Crippen molar-refractivity contribution < 1.29 is 23.5 Å². The lowest BCUT2D eigenvalue weighted by Gasteiger charge is -2.10. The highest BCUT2D eigenvalue weighted by Gasteiger charge is 2.13. The molecule has 0 unspecified atom stereocenters. The van der Waals surface area contributed by atoms with E-state index < -0.39 is 5.97 Å². The van der Waals surface area contributed by atoms with Gasteiger partial charge in [-0.25, -0.2) is 4.79 Å². The summed E-state index contributed by atoms with van der Waals surface area (Å²) < 4.78 is 15.8. The minimum atomic E-state index is -0.486. The standard InChI is InChI=1S/C21H19NO5/c1-15-9-10-16(14-18(15)22-20(23)19-8-5-11-26-19)21(24)27-13-12-25-17-6-3-2-4-7-17/h2-11,14H,12-13H2,1H3,(H,22,23). The third kappa shape index (κ3) is 4.98. The third-order valence-electron chi connectivity index (χ3n) is 3.79.